The number of nitrogens with zero attached hydrogens (tertiary/aromatic N) is 1. The van der Waals surface area contributed by atoms with Gasteiger partial charge in [-0.1, -0.05) is 42.5 Å². The van der Waals surface area contributed by atoms with E-state index in [9.17, 15) is 8.42 Å². The lowest BCUT2D eigenvalue weighted by molar-refractivity contribution is 0.319. The molecular weight excluding hydrogens is 308 g/mol. The highest BCUT2D eigenvalue weighted by Gasteiger charge is 2.28. The Hall–Kier alpha value is -1.85. The Morgan fingerprint density at radius 1 is 0.957 bits per heavy atom. The van der Waals surface area contributed by atoms with Crippen LogP contribution in [-0.2, 0) is 15.8 Å². The number of hydrogen-bond donors (Lipinski definition) is 1. The van der Waals surface area contributed by atoms with Crippen molar-refractivity contribution in [1.29, 1.82) is 0 Å². The largest absolute Gasteiger partial charge is 0.399 e. The third-order valence-electron chi connectivity index (χ3n) is 4.45. The summed E-state index contributed by atoms with van der Waals surface area (Å²) in [6.07, 6.45) is 1.72. The first-order valence-corrected chi connectivity index (χ1v) is 9.53. The molecule has 122 valence electrons. The van der Waals surface area contributed by atoms with Crippen LogP contribution in [0.15, 0.2) is 54.6 Å². The molecule has 4 nitrogen and oxygen atoms in total. The molecule has 1 aliphatic heterocycles. The molecule has 2 aromatic rings. The summed E-state index contributed by atoms with van der Waals surface area (Å²) in [5.41, 5.74) is 8.57. The van der Waals surface area contributed by atoms with E-state index in [2.05, 4.69) is 0 Å². The standard InChI is InChI=1S/C18H22N2O2S/c19-18-8-6-16(7-9-18)17-10-12-20(13-11-17)23(21,22)14-15-4-2-1-3-5-15/h1-9,17H,10-14,19H2. The second-order valence-corrected chi connectivity index (χ2v) is 8.05. The van der Waals surface area contributed by atoms with Gasteiger partial charge in [-0.2, -0.15) is 0 Å². The minimum atomic E-state index is -3.24. The van der Waals surface area contributed by atoms with E-state index in [1.165, 1.54) is 5.56 Å². The molecule has 2 aromatic carbocycles. The second-order valence-electron chi connectivity index (χ2n) is 6.08. The average Bonchev–Trinajstić information content (AvgIpc) is 2.56. The SMILES string of the molecule is Nc1ccc(C2CCN(S(=O)(=O)Cc3ccccc3)CC2)cc1. The molecule has 1 heterocycles. The molecular formula is C18H22N2O2S. The maximum atomic E-state index is 12.6. The van der Waals surface area contributed by atoms with Gasteiger partial charge in [-0.3, -0.25) is 0 Å². The maximum absolute atomic E-state index is 12.6. The van der Waals surface area contributed by atoms with E-state index in [0.717, 1.165) is 24.1 Å². The first-order chi connectivity index (χ1) is 11.0. The van der Waals surface area contributed by atoms with Gasteiger partial charge in [0.1, 0.15) is 0 Å². The molecule has 0 saturated carbocycles. The molecule has 1 fully saturated rings. The molecule has 0 unspecified atom stereocenters. The van der Waals surface area contributed by atoms with Crippen LogP contribution in [0.3, 0.4) is 0 Å². The Morgan fingerprint density at radius 2 is 1.57 bits per heavy atom. The maximum Gasteiger partial charge on any atom is 0.218 e. The van der Waals surface area contributed by atoms with E-state index < -0.39 is 10.0 Å². The van der Waals surface area contributed by atoms with Crippen molar-refractivity contribution in [2.24, 2.45) is 0 Å². The van der Waals surface area contributed by atoms with Crippen LogP contribution in [0.5, 0.6) is 0 Å². The van der Waals surface area contributed by atoms with Crippen LogP contribution in [0, 0.1) is 0 Å². The zero-order valence-corrected chi connectivity index (χ0v) is 13.9. The highest BCUT2D eigenvalue weighted by molar-refractivity contribution is 7.88. The van der Waals surface area contributed by atoms with Crippen molar-refractivity contribution in [3.05, 3.63) is 65.7 Å². The van der Waals surface area contributed by atoms with E-state index >= 15 is 0 Å². The molecule has 5 heteroatoms. The highest BCUT2D eigenvalue weighted by atomic mass is 32.2. The summed E-state index contributed by atoms with van der Waals surface area (Å²) in [7, 11) is -3.24. The van der Waals surface area contributed by atoms with Crippen LogP contribution in [0.1, 0.15) is 29.9 Å². The van der Waals surface area contributed by atoms with Crippen LogP contribution in [-0.4, -0.2) is 25.8 Å². The molecule has 23 heavy (non-hydrogen) atoms. The molecule has 0 amide bonds. The van der Waals surface area contributed by atoms with Gasteiger partial charge in [-0.25, -0.2) is 12.7 Å². The number of rotatable bonds is 4. The van der Waals surface area contributed by atoms with Gasteiger partial charge in [0, 0.05) is 18.8 Å². The van der Waals surface area contributed by atoms with Gasteiger partial charge in [0.2, 0.25) is 10.0 Å². The minimum Gasteiger partial charge on any atom is -0.399 e. The predicted molar refractivity (Wildman–Crippen MR) is 93.5 cm³/mol. The zero-order valence-electron chi connectivity index (χ0n) is 13.1. The van der Waals surface area contributed by atoms with E-state index in [-0.39, 0.29) is 5.75 Å². The third kappa shape index (κ3) is 3.92. The zero-order chi connectivity index (χ0) is 16.3. The van der Waals surface area contributed by atoms with Crippen molar-refractivity contribution >= 4 is 15.7 Å². The summed E-state index contributed by atoms with van der Waals surface area (Å²) in [6, 6.07) is 17.3. The number of benzene rings is 2. The van der Waals surface area contributed by atoms with Gasteiger partial charge in [-0.05, 0) is 42.0 Å². The van der Waals surface area contributed by atoms with Crippen LogP contribution < -0.4 is 5.73 Å². The van der Waals surface area contributed by atoms with Gasteiger partial charge in [0.05, 0.1) is 5.75 Å². The summed E-state index contributed by atoms with van der Waals surface area (Å²) in [5.74, 6) is 0.499. The van der Waals surface area contributed by atoms with E-state index in [0.29, 0.717) is 19.0 Å². The third-order valence-corrected chi connectivity index (χ3v) is 6.30. The second kappa shape index (κ2) is 6.72. The van der Waals surface area contributed by atoms with Crippen LogP contribution in [0.25, 0.3) is 0 Å². The van der Waals surface area contributed by atoms with Gasteiger partial charge in [0.15, 0.2) is 0 Å². The molecule has 0 radical (unpaired) electrons. The van der Waals surface area contributed by atoms with Crippen LogP contribution in [0.4, 0.5) is 5.69 Å². The summed E-state index contributed by atoms with van der Waals surface area (Å²) in [6.45, 7) is 1.18. The Bertz CT molecular complexity index is 734. The number of nitrogens with two attached hydrogens (primary N) is 1. The lowest BCUT2D eigenvalue weighted by Gasteiger charge is -2.31. The first-order valence-electron chi connectivity index (χ1n) is 7.92. The molecule has 0 atom stereocenters. The lowest BCUT2D eigenvalue weighted by atomic mass is 9.90. The van der Waals surface area contributed by atoms with Crippen molar-refractivity contribution in [3.8, 4) is 0 Å². The number of nitrogen functional groups attached to an aromatic ring is 1. The van der Waals surface area contributed by atoms with Crippen molar-refractivity contribution < 1.29 is 8.42 Å². The normalized spacial score (nSPS) is 17.2. The van der Waals surface area contributed by atoms with Gasteiger partial charge >= 0.3 is 0 Å². The van der Waals surface area contributed by atoms with Crippen molar-refractivity contribution in [2.45, 2.75) is 24.5 Å². The highest BCUT2D eigenvalue weighted by Crippen LogP contribution is 2.30. The molecule has 1 saturated heterocycles. The fourth-order valence-electron chi connectivity index (χ4n) is 3.11. The fourth-order valence-corrected chi connectivity index (χ4v) is 4.68. The molecule has 0 aliphatic carbocycles. The Labute approximate surface area is 138 Å². The predicted octanol–water partition coefficient (Wildman–Crippen LogP) is 2.98. The quantitative estimate of drug-likeness (QED) is 0.877. The molecule has 2 N–H and O–H groups in total. The van der Waals surface area contributed by atoms with Gasteiger partial charge < -0.3 is 5.73 Å². The molecule has 3 rings (SSSR count). The van der Waals surface area contributed by atoms with Crippen molar-refractivity contribution in [3.63, 3.8) is 0 Å². The van der Waals surface area contributed by atoms with E-state index in [1.54, 1.807) is 4.31 Å². The average molecular weight is 330 g/mol. The Kier molecular flexibility index (Phi) is 4.68. The summed E-state index contributed by atoms with van der Waals surface area (Å²) in [5, 5.41) is 0. The van der Waals surface area contributed by atoms with E-state index in [1.807, 2.05) is 54.6 Å². The molecule has 1 aliphatic rings. The summed E-state index contributed by atoms with van der Waals surface area (Å²) < 4.78 is 26.7. The topological polar surface area (TPSA) is 63.4 Å². The summed E-state index contributed by atoms with van der Waals surface area (Å²) >= 11 is 0. The van der Waals surface area contributed by atoms with Gasteiger partial charge in [-0.15, -0.1) is 0 Å². The van der Waals surface area contributed by atoms with Crippen molar-refractivity contribution in [1.82, 2.24) is 4.31 Å². The smallest absolute Gasteiger partial charge is 0.218 e. The van der Waals surface area contributed by atoms with Gasteiger partial charge in [0.25, 0.3) is 0 Å². The van der Waals surface area contributed by atoms with Crippen LogP contribution >= 0.6 is 0 Å². The van der Waals surface area contributed by atoms with Crippen LogP contribution in [0.2, 0.25) is 0 Å². The monoisotopic (exact) mass is 330 g/mol. The number of piperidine rings is 1. The molecule has 0 spiro atoms. The van der Waals surface area contributed by atoms with Crippen molar-refractivity contribution in [2.75, 3.05) is 18.8 Å². The Balaban J connectivity index is 1.63. The number of sulfonamides is 1. The fraction of sp³-hybridized carbons (Fsp3) is 0.333. The lowest BCUT2D eigenvalue weighted by Crippen LogP contribution is -2.38. The first kappa shape index (κ1) is 16.0. The van der Waals surface area contributed by atoms with E-state index in [4.69, 9.17) is 5.73 Å². The molecule has 0 bridgehead atoms. The number of hydrogen-bond acceptors (Lipinski definition) is 3. The summed E-state index contributed by atoms with van der Waals surface area (Å²) in [4.78, 5) is 0. The number of anilines is 1. The minimum absolute atomic E-state index is 0.0837. The molecule has 0 aromatic heterocycles. The Morgan fingerprint density at radius 3 is 2.17 bits per heavy atom.